The number of Topliss-reactive ketones (excluding diaryl/α,β-unsaturated/α-hetero) is 3. The maximum absolute atomic E-state index is 14.6. The molecule has 1 aliphatic carbocycles. The van der Waals surface area contributed by atoms with Crippen LogP contribution in [-0.2, 0) is 9.59 Å². The number of ketones is 3. The highest BCUT2D eigenvalue weighted by atomic mass is 19.1. The second-order valence-electron chi connectivity index (χ2n) is 10.2. The van der Waals surface area contributed by atoms with Gasteiger partial charge in [0.05, 0.1) is 5.56 Å². The van der Waals surface area contributed by atoms with Crippen molar-refractivity contribution < 1.29 is 36.7 Å². The molecule has 0 bridgehead atoms. The van der Waals surface area contributed by atoms with Gasteiger partial charge in [0.2, 0.25) is 0 Å². The maximum Gasteiger partial charge on any atom is 0.176 e. The first-order valence-corrected chi connectivity index (χ1v) is 13.6. The van der Waals surface area contributed by atoms with Crippen LogP contribution in [0.1, 0.15) is 72.9 Å². The van der Waals surface area contributed by atoms with Gasteiger partial charge in [-0.25, -0.2) is 17.6 Å². The predicted octanol–water partition coefficient (Wildman–Crippen LogP) is 7.80. The molecule has 3 aromatic carbocycles. The summed E-state index contributed by atoms with van der Waals surface area (Å²) < 4.78 is 62.3. The van der Waals surface area contributed by atoms with Gasteiger partial charge in [-0.05, 0) is 54.2 Å². The Morgan fingerprint density at radius 3 is 2.17 bits per heavy atom. The minimum absolute atomic E-state index is 0.113. The number of para-hydroxylation sites is 1. The van der Waals surface area contributed by atoms with E-state index in [0.29, 0.717) is 53.8 Å². The lowest BCUT2D eigenvalue weighted by atomic mass is 9.82. The summed E-state index contributed by atoms with van der Waals surface area (Å²) in [6, 6.07) is 13.4. The lowest BCUT2D eigenvalue weighted by molar-refractivity contribution is -0.121. The topological polar surface area (TPSA) is 60.4 Å². The number of halogens is 4. The number of allylic oxidation sites excluding steroid dienone is 2. The van der Waals surface area contributed by atoms with Gasteiger partial charge in [-0.2, -0.15) is 0 Å². The molecule has 2 unspecified atom stereocenters. The van der Waals surface area contributed by atoms with Gasteiger partial charge in [-0.1, -0.05) is 43.3 Å². The van der Waals surface area contributed by atoms with Gasteiger partial charge in [0, 0.05) is 43.2 Å². The SMILES string of the molecule is CCCC(=O)CCCC(=O)COc1ccccc1C1CC(c2ccc(F)cc2)=CC1C(=O)c1c(F)cc(F)cc1F. The van der Waals surface area contributed by atoms with Crippen LogP contribution < -0.4 is 4.74 Å². The molecule has 0 amide bonds. The smallest absolute Gasteiger partial charge is 0.176 e. The zero-order chi connectivity index (χ0) is 29.5. The average molecular weight is 567 g/mol. The number of benzene rings is 3. The predicted molar refractivity (Wildman–Crippen MR) is 147 cm³/mol. The molecule has 4 rings (SSSR count). The Kier molecular flexibility index (Phi) is 9.86. The zero-order valence-corrected chi connectivity index (χ0v) is 22.6. The van der Waals surface area contributed by atoms with Gasteiger partial charge >= 0.3 is 0 Å². The van der Waals surface area contributed by atoms with E-state index in [9.17, 15) is 31.9 Å². The molecule has 4 nitrogen and oxygen atoms in total. The van der Waals surface area contributed by atoms with E-state index in [1.165, 1.54) is 12.1 Å². The van der Waals surface area contributed by atoms with Crippen molar-refractivity contribution in [3.63, 3.8) is 0 Å². The normalized spacial score (nSPS) is 16.4. The summed E-state index contributed by atoms with van der Waals surface area (Å²) in [5, 5.41) is 0. The van der Waals surface area contributed by atoms with E-state index >= 15 is 0 Å². The molecule has 8 heteroatoms. The van der Waals surface area contributed by atoms with Crippen LogP contribution in [0.4, 0.5) is 17.6 Å². The molecule has 0 spiro atoms. The second kappa shape index (κ2) is 13.5. The highest BCUT2D eigenvalue weighted by molar-refractivity contribution is 6.02. The third-order valence-electron chi connectivity index (χ3n) is 7.17. The van der Waals surface area contributed by atoms with Crippen molar-refractivity contribution in [3.8, 4) is 5.75 Å². The molecule has 214 valence electrons. The van der Waals surface area contributed by atoms with Crippen molar-refractivity contribution in [1.82, 2.24) is 0 Å². The summed E-state index contributed by atoms with van der Waals surface area (Å²) in [6.07, 6.45) is 4.05. The molecule has 0 saturated carbocycles. The summed E-state index contributed by atoms with van der Waals surface area (Å²) in [5.74, 6) is -6.48. The first-order chi connectivity index (χ1) is 19.7. The van der Waals surface area contributed by atoms with E-state index in [1.807, 2.05) is 6.92 Å². The molecule has 2 atom stereocenters. The van der Waals surface area contributed by atoms with E-state index in [0.717, 1.165) is 6.42 Å². The lowest BCUT2D eigenvalue weighted by Crippen LogP contribution is -2.21. The Hall–Kier alpha value is -4.07. The van der Waals surface area contributed by atoms with E-state index in [-0.39, 0.29) is 31.0 Å². The summed E-state index contributed by atoms with van der Waals surface area (Å²) in [5.41, 5.74) is 1.01. The summed E-state index contributed by atoms with van der Waals surface area (Å²) in [7, 11) is 0. The number of rotatable bonds is 13. The Bertz CT molecular complexity index is 1440. The van der Waals surface area contributed by atoms with Crippen molar-refractivity contribution in [3.05, 3.63) is 107 Å². The van der Waals surface area contributed by atoms with Crippen LogP contribution in [0.2, 0.25) is 0 Å². The zero-order valence-electron chi connectivity index (χ0n) is 22.6. The fraction of sp³-hybridized carbons (Fsp3) is 0.303. The number of carbonyl (C=O) groups excluding carboxylic acids is 3. The van der Waals surface area contributed by atoms with Gasteiger partial charge in [0.15, 0.2) is 11.6 Å². The minimum Gasteiger partial charge on any atom is -0.486 e. The quantitative estimate of drug-likeness (QED) is 0.156. The molecular weight excluding hydrogens is 536 g/mol. The van der Waals surface area contributed by atoms with Gasteiger partial charge in [0.1, 0.15) is 41.4 Å². The fourth-order valence-corrected chi connectivity index (χ4v) is 5.18. The van der Waals surface area contributed by atoms with Crippen molar-refractivity contribution in [2.24, 2.45) is 5.92 Å². The van der Waals surface area contributed by atoms with E-state index in [1.54, 1.807) is 42.5 Å². The molecule has 3 aromatic rings. The van der Waals surface area contributed by atoms with Crippen molar-refractivity contribution in [2.45, 2.75) is 51.4 Å². The molecule has 0 radical (unpaired) electrons. The average Bonchev–Trinajstić information content (AvgIpc) is 3.37. The summed E-state index contributed by atoms with van der Waals surface area (Å²) >= 11 is 0. The first-order valence-electron chi connectivity index (χ1n) is 13.6. The molecule has 0 saturated heterocycles. The molecule has 0 fully saturated rings. The Morgan fingerprint density at radius 1 is 0.829 bits per heavy atom. The van der Waals surface area contributed by atoms with Crippen LogP contribution in [0, 0.1) is 29.2 Å². The van der Waals surface area contributed by atoms with Crippen LogP contribution >= 0.6 is 0 Å². The van der Waals surface area contributed by atoms with Crippen LogP contribution in [0.5, 0.6) is 5.75 Å². The van der Waals surface area contributed by atoms with Gasteiger partial charge in [0.25, 0.3) is 0 Å². The molecule has 0 N–H and O–H groups in total. The largest absolute Gasteiger partial charge is 0.486 e. The Labute approximate surface area is 236 Å². The molecule has 0 heterocycles. The third-order valence-corrected chi connectivity index (χ3v) is 7.17. The minimum atomic E-state index is -1.30. The Balaban J connectivity index is 1.60. The Morgan fingerprint density at radius 2 is 1.49 bits per heavy atom. The molecule has 0 aliphatic heterocycles. The maximum atomic E-state index is 14.6. The van der Waals surface area contributed by atoms with E-state index in [4.69, 9.17) is 4.74 Å². The molecular formula is C33H30F4O4. The van der Waals surface area contributed by atoms with E-state index in [2.05, 4.69) is 0 Å². The van der Waals surface area contributed by atoms with Gasteiger partial charge in [-0.3, -0.25) is 14.4 Å². The fourth-order valence-electron chi connectivity index (χ4n) is 5.18. The van der Waals surface area contributed by atoms with Crippen LogP contribution in [0.15, 0.2) is 66.7 Å². The number of hydrogen-bond acceptors (Lipinski definition) is 4. The number of ether oxygens (including phenoxy) is 1. The van der Waals surface area contributed by atoms with Crippen LogP contribution in [0.3, 0.4) is 0 Å². The van der Waals surface area contributed by atoms with Gasteiger partial charge < -0.3 is 4.74 Å². The number of hydrogen-bond donors (Lipinski definition) is 0. The molecule has 0 aromatic heterocycles. The summed E-state index contributed by atoms with van der Waals surface area (Å²) in [4.78, 5) is 37.8. The van der Waals surface area contributed by atoms with Crippen molar-refractivity contribution >= 4 is 22.9 Å². The summed E-state index contributed by atoms with van der Waals surface area (Å²) in [6.45, 7) is 1.67. The standard InChI is InChI=1S/C33H30F4O4/c1-2-6-24(38)7-5-8-25(39)19-41-31-10-4-3-9-26(31)27-15-21(20-11-13-22(34)14-12-20)16-28(27)33(40)32-29(36)17-23(35)18-30(32)37/h3-4,9-14,16-18,27-28H,2,5-8,15,19H2,1H3. The second-order valence-corrected chi connectivity index (χ2v) is 10.2. The highest BCUT2D eigenvalue weighted by Crippen LogP contribution is 2.47. The van der Waals surface area contributed by atoms with Gasteiger partial charge in [-0.15, -0.1) is 0 Å². The highest BCUT2D eigenvalue weighted by Gasteiger charge is 2.38. The van der Waals surface area contributed by atoms with Crippen molar-refractivity contribution in [2.75, 3.05) is 6.61 Å². The molecule has 1 aliphatic rings. The van der Waals surface area contributed by atoms with Crippen LogP contribution in [-0.4, -0.2) is 24.0 Å². The lowest BCUT2D eigenvalue weighted by Gasteiger charge is -2.22. The monoisotopic (exact) mass is 566 g/mol. The first kappa shape index (κ1) is 29.9. The van der Waals surface area contributed by atoms with Crippen LogP contribution in [0.25, 0.3) is 5.57 Å². The van der Waals surface area contributed by atoms with Crippen molar-refractivity contribution in [1.29, 1.82) is 0 Å². The third kappa shape index (κ3) is 7.37. The van der Waals surface area contributed by atoms with E-state index < -0.39 is 46.5 Å². The number of carbonyl (C=O) groups is 3. The molecule has 41 heavy (non-hydrogen) atoms.